The minimum absolute atomic E-state index is 0.00332. The molecular weight excluding hydrogens is 252 g/mol. The molecule has 20 heavy (non-hydrogen) atoms. The molecule has 0 aromatic heterocycles. The normalized spacial score (nSPS) is 33.6. The van der Waals surface area contributed by atoms with E-state index in [-0.39, 0.29) is 23.9 Å². The maximum absolute atomic E-state index is 12.6. The molecule has 0 amide bonds. The fraction of sp³-hybridized carbons (Fsp3) is 0.562. The number of ketones is 1. The molecule has 4 nitrogen and oxygen atoms in total. The van der Waals surface area contributed by atoms with E-state index in [9.17, 15) is 9.70 Å². The number of fused-ring (bicyclic) bond motifs is 1. The maximum atomic E-state index is 12.6. The van der Waals surface area contributed by atoms with Crippen LogP contribution in [0.4, 0.5) is 0 Å². The Morgan fingerprint density at radius 1 is 1.15 bits per heavy atom. The fourth-order valence-electron chi connectivity index (χ4n) is 3.89. The first kappa shape index (κ1) is 13.3. The molecule has 1 heterocycles. The molecule has 1 saturated carbocycles. The molecule has 4 heteroatoms. The first-order valence-corrected chi connectivity index (χ1v) is 7.44. The van der Waals surface area contributed by atoms with Crippen LogP contribution in [-0.4, -0.2) is 16.8 Å². The van der Waals surface area contributed by atoms with Crippen LogP contribution in [0.25, 0.3) is 0 Å². The maximum Gasteiger partial charge on any atom is 0.143 e. The van der Waals surface area contributed by atoms with E-state index in [2.05, 4.69) is 5.29 Å². The second-order valence-electron chi connectivity index (χ2n) is 5.97. The van der Waals surface area contributed by atoms with Crippen LogP contribution in [0.15, 0.2) is 35.6 Å². The lowest BCUT2D eigenvalue weighted by atomic mass is 9.71. The summed E-state index contributed by atoms with van der Waals surface area (Å²) in [5, 5.41) is 4.98. The highest BCUT2D eigenvalue weighted by Crippen LogP contribution is 2.44. The van der Waals surface area contributed by atoms with Gasteiger partial charge in [-0.1, -0.05) is 50.1 Å². The second-order valence-corrected chi connectivity index (χ2v) is 5.97. The number of hydrogen-bond donors (Lipinski definition) is 0. The molecule has 1 aromatic rings. The van der Waals surface area contributed by atoms with Crippen LogP contribution in [0, 0.1) is 16.7 Å². The van der Waals surface area contributed by atoms with E-state index >= 15 is 0 Å². The molecule has 4 atom stereocenters. The lowest BCUT2D eigenvalue weighted by Crippen LogP contribution is -2.53. The molecule has 1 saturated heterocycles. The van der Waals surface area contributed by atoms with Crippen LogP contribution >= 0.6 is 0 Å². The standard InChI is InChI=1S/C16H20N2O2/c1-11-15(12-7-3-2-4-8-12)18(17-20)14-10-6-5-9-13(14)16(11)19/h2-4,7-8,11,13-15H,5-6,9-10H2,1H3/t11-,13?,14?,15+/m0/s1. The van der Waals surface area contributed by atoms with E-state index in [1.54, 1.807) is 5.01 Å². The van der Waals surface area contributed by atoms with Gasteiger partial charge in [-0.05, 0) is 18.4 Å². The Hall–Kier alpha value is -1.71. The molecule has 1 aliphatic carbocycles. The minimum atomic E-state index is -0.208. The van der Waals surface area contributed by atoms with Crippen molar-refractivity contribution in [3.8, 4) is 0 Å². The summed E-state index contributed by atoms with van der Waals surface area (Å²) < 4.78 is 0. The molecule has 106 valence electrons. The van der Waals surface area contributed by atoms with Crippen LogP contribution < -0.4 is 0 Å². The molecule has 3 rings (SSSR count). The van der Waals surface area contributed by atoms with Gasteiger partial charge in [0.25, 0.3) is 0 Å². The molecule has 1 aliphatic heterocycles. The van der Waals surface area contributed by atoms with Crippen molar-refractivity contribution in [1.29, 1.82) is 0 Å². The Morgan fingerprint density at radius 2 is 1.85 bits per heavy atom. The monoisotopic (exact) mass is 272 g/mol. The molecule has 0 N–H and O–H groups in total. The van der Waals surface area contributed by atoms with Gasteiger partial charge in [-0.15, -0.1) is 4.91 Å². The number of rotatable bonds is 2. The number of benzene rings is 1. The lowest BCUT2D eigenvalue weighted by Gasteiger charge is -2.47. The summed E-state index contributed by atoms with van der Waals surface area (Å²) in [7, 11) is 0. The van der Waals surface area contributed by atoms with Crippen LogP contribution in [-0.2, 0) is 4.79 Å². The summed E-state index contributed by atoms with van der Waals surface area (Å²) in [6, 6.07) is 9.59. The van der Waals surface area contributed by atoms with E-state index in [4.69, 9.17) is 0 Å². The summed E-state index contributed by atoms with van der Waals surface area (Å²) in [5.74, 6) is 0.134. The second kappa shape index (κ2) is 5.35. The number of carbonyl (C=O) groups is 1. The Kier molecular flexibility index (Phi) is 3.55. The highest BCUT2D eigenvalue weighted by molar-refractivity contribution is 5.85. The van der Waals surface area contributed by atoms with Crippen molar-refractivity contribution in [3.05, 3.63) is 40.8 Å². The van der Waals surface area contributed by atoms with E-state index in [1.807, 2.05) is 37.3 Å². The Balaban J connectivity index is 1.99. The van der Waals surface area contributed by atoms with Gasteiger partial charge in [0, 0.05) is 11.8 Å². The molecular formula is C16H20N2O2. The first-order valence-electron chi connectivity index (χ1n) is 7.44. The lowest BCUT2D eigenvalue weighted by molar-refractivity contribution is -0.141. The predicted molar refractivity (Wildman–Crippen MR) is 76.7 cm³/mol. The smallest absolute Gasteiger partial charge is 0.143 e. The van der Waals surface area contributed by atoms with Gasteiger partial charge in [-0.2, -0.15) is 0 Å². The predicted octanol–water partition coefficient (Wildman–Crippen LogP) is 3.49. The van der Waals surface area contributed by atoms with Gasteiger partial charge >= 0.3 is 0 Å². The van der Waals surface area contributed by atoms with Gasteiger partial charge in [-0.25, -0.2) is 5.01 Å². The molecule has 2 unspecified atom stereocenters. The van der Waals surface area contributed by atoms with Crippen molar-refractivity contribution in [2.45, 2.75) is 44.7 Å². The summed E-state index contributed by atoms with van der Waals surface area (Å²) in [6.45, 7) is 1.93. The average Bonchev–Trinajstić information content (AvgIpc) is 2.51. The number of nitroso groups, excluding NO2 is 1. The summed E-state index contributed by atoms with van der Waals surface area (Å²) in [6.07, 6.45) is 3.97. The van der Waals surface area contributed by atoms with Crippen molar-refractivity contribution < 1.29 is 4.79 Å². The molecule has 2 aliphatic rings. The van der Waals surface area contributed by atoms with E-state index < -0.39 is 0 Å². The zero-order valence-electron chi connectivity index (χ0n) is 11.7. The van der Waals surface area contributed by atoms with Gasteiger partial charge in [0.1, 0.15) is 5.78 Å². The quantitative estimate of drug-likeness (QED) is 0.774. The van der Waals surface area contributed by atoms with Crippen LogP contribution in [0.1, 0.15) is 44.2 Å². The number of carbonyl (C=O) groups excluding carboxylic acids is 1. The van der Waals surface area contributed by atoms with Gasteiger partial charge in [0.15, 0.2) is 0 Å². The number of nitrogens with zero attached hydrogens (tertiary/aromatic N) is 2. The Labute approximate surface area is 119 Å². The fourth-order valence-corrected chi connectivity index (χ4v) is 3.89. The van der Waals surface area contributed by atoms with Gasteiger partial charge in [-0.3, -0.25) is 4.79 Å². The van der Waals surface area contributed by atoms with Crippen LogP contribution in [0.3, 0.4) is 0 Å². The molecule has 2 fully saturated rings. The highest BCUT2D eigenvalue weighted by Gasteiger charge is 2.48. The van der Waals surface area contributed by atoms with Crippen molar-refractivity contribution in [2.24, 2.45) is 17.1 Å². The largest absolute Gasteiger partial charge is 0.299 e. The number of piperidine rings is 1. The average molecular weight is 272 g/mol. The van der Waals surface area contributed by atoms with Gasteiger partial charge < -0.3 is 0 Å². The van der Waals surface area contributed by atoms with E-state index in [0.717, 1.165) is 31.2 Å². The Morgan fingerprint density at radius 3 is 2.55 bits per heavy atom. The van der Waals surface area contributed by atoms with Crippen LogP contribution in [0.2, 0.25) is 0 Å². The molecule has 1 aromatic carbocycles. The van der Waals surface area contributed by atoms with E-state index in [1.165, 1.54) is 0 Å². The number of hydrogen-bond acceptors (Lipinski definition) is 3. The third-order valence-electron chi connectivity index (χ3n) is 4.88. The Bertz CT molecular complexity index is 502. The summed E-state index contributed by atoms with van der Waals surface area (Å²) in [5.41, 5.74) is 1.01. The van der Waals surface area contributed by atoms with Crippen molar-refractivity contribution in [2.75, 3.05) is 0 Å². The number of Topliss-reactive ketones (excluding diaryl/α,β-unsaturated/α-hetero) is 1. The SMILES string of the molecule is C[C@@H]1C(=O)C2CCCCC2N(N=O)[C@H]1c1ccccc1. The zero-order valence-corrected chi connectivity index (χ0v) is 11.7. The summed E-state index contributed by atoms with van der Waals surface area (Å²) in [4.78, 5) is 24.0. The molecule has 0 spiro atoms. The molecule has 0 radical (unpaired) electrons. The zero-order chi connectivity index (χ0) is 14.1. The third-order valence-corrected chi connectivity index (χ3v) is 4.88. The molecule has 0 bridgehead atoms. The summed E-state index contributed by atoms with van der Waals surface area (Å²) >= 11 is 0. The van der Waals surface area contributed by atoms with Crippen molar-refractivity contribution >= 4 is 5.78 Å². The van der Waals surface area contributed by atoms with Crippen LogP contribution in [0.5, 0.6) is 0 Å². The van der Waals surface area contributed by atoms with Crippen molar-refractivity contribution in [3.63, 3.8) is 0 Å². The van der Waals surface area contributed by atoms with Gasteiger partial charge in [0.05, 0.1) is 17.4 Å². The topological polar surface area (TPSA) is 49.7 Å². The third kappa shape index (κ3) is 2.03. The minimum Gasteiger partial charge on any atom is -0.299 e. The van der Waals surface area contributed by atoms with E-state index in [0.29, 0.717) is 5.78 Å². The van der Waals surface area contributed by atoms with Gasteiger partial charge in [0.2, 0.25) is 0 Å². The highest BCUT2D eigenvalue weighted by atomic mass is 16.3. The first-order chi connectivity index (χ1) is 9.74. The van der Waals surface area contributed by atoms with Crippen molar-refractivity contribution in [1.82, 2.24) is 5.01 Å².